The zero-order valence-electron chi connectivity index (χ0n) is 18.0. The number of hydrogen-bond acceptors (Lipinski definition) is 5. The molecule has 0 amide bonds. The number of guanidine groups is 1. The molecule has 7 heteroatoms. The van der Waals surface area contributed by atoms with Crippen LogP contribution >= 0.6 is 0 Å². The van der Waals surface area contributed by atoms with Gasteiger partial charge in [0.2, 0.25) is 0 Å². The first-order valence-corrected chi connectivity index (χ1v) is 11.3. The maximum atomic E-state index is 5.52. The van der Waals surface area contributed by atoms with Gasteiger partial charge in [0, 0.05) is 59.5 Å². The third-order valence-electron chi connectivity index (χ3n) is 6.57. The van der Waals surface area contributed by atoms with Crippen LogP contribution in [-0.2, 0) is 9.47 Å². The van der Waals surface area contributed by atoms with Crippen molar-refractivity contribution in [3.05, 3.63) is 0 Å². The molecule has 0 radical (unpaired) electrons. The van der Waals surface area contributed by atoms with Crippen LogP contribution in [0.4, 0.5) is 0 Å². The summed E-state index contributed by atoms with van der Waals surface area (Å²) in [5, 5.41) is 7.24. The number of nitrogens with one attached hydrogen (secondary N) is 2. The van der Waals surface area contributed by atoms with Gasteiger partial charge in [-0.25, -0.2) is 0 Å². The predicted molar refractivity (Wildman–Crippen MR) is 114 cm³/mol. The summed E-state index contributed by atoms with van der Waals surface area (Å²) in [7, 11) is 3.67. The first-order valence-electron chi connectivity index (χ1n) is 11.3. The average Bonchev–Trinajstić information content (AvgIpc) is 3.24. The van der Waals surface area contributed by atoms with E-state index in [4.69, 9.17) is 9.47 Å². The zero-order chi connectivity index (χ0) is 19.6. The zero-order valence-corrected chi connectivity index (χ0v) is 18.0. The maximum absolute atomic E-state index is 5.52. The molecule has 3 aliphatic heterocycles. The van der Waals surface area contributed by atoms with Crippen molar-refractivity contribution in [3.8, 4) is 0 Å². The molecule has 3 saturated heterocycles. The van der Waals surface area contributed by atoms with Crippen LogP contribution in [0.1, 0.15) is 32.1 Å². The number of hydrogen-bond donors (Lipinski definition) is 2. The molecule has 1 atom stereocenters. The minimum atomic E-state index is 0.540. The number of nitrogens with zero attached hydrogens (tertiary/aromatic N) is 3. The van der Waals surface area contributed by atoms with Gasteiger partial charge in [0.05, 0.1) is 13.2 Å². The summed E-state index contributed by atoms with van der Waals surface area (Å²) in [6.07, 6.45) is 6.16. The molecule has 162 valence electrons. The quantitative estimate of drug-likeness (QED) is 0.473. The Bertz CT molecular complexity index is 454. The molecule has 3 rings (SSSR count). The van der Waals surface area contributed by atoms with Gasteiger partial charge in [-0.15, -0.1) is 0 Å². The van der Waals surface area contributed by atoms with Gasteiger partial charge in [-0.1, -0.05) is 0 Å². The predicted octanol–water partition coefficient (Wildman–Crippen LogP) is 1.01. The van der Waals surface area contributed by atoms with Crippen LogP contribution in [0, 0.1) is 11.8 Å². The Balaban J connectivity index is 1.29. The van der Waals surface area contributed by atoms with Gasteiger partial charge in [0.1, 0.15) is 0 Å². The molecule has 0 aromatic carbocycles. The lowest BCUT2D eigenvalue weighted by atomic mass is 9.97. The second-order valence-corrected chi connectivity index (χ2v) is 8.68. The van der Waals surface area contributed by atoms with Crippen molar-refractivity contribution in [2.24, 2.45) is 16.8 Å². The third-order valence-corrected chi connectivity index (χ3v) is 6.57. The average molecular weight is 396 g/mol. The van der Waals surface area contributed by atoms with E-state index in [0.717, 1.165) is 50.7 Å². The van der Waals surface area contributed by atoms with Crippen molar-refractivity contribution < 1.29 is 9.47 Å². The first kappa shape index (κ1) is 21.8. The van der Waals surface area contributed by atoms with Crippen LogP contribution < -0.4 is 10.6 Å². The highest BCUT2D eigenvalue weighted by Gasteiger charge is 2.24. The van der Waals surface area contributed by atoms with E-state index in [2.05, 4.69) is 25.4 Å². The van der Waals surface area contributed by atoms with Gasteiger partial charge in [0.25, 0.3) is 0 Å². The summed E-state index contributed by atoms with van der Waals surface area (Å²) in [5.41, 5.74) is 0. The summed E-state index contributed by atoms with van der Waals surface area (Å²) >= 11 is 0. The standard InChI is InChI=1S/C21H41N5O2/c1-22-21(23-15-18-3-8-25(9-4-18)12-14-27-2)24-20-5-10-26(11-6-20)16-19-7-13-28-17-19/h18-20H,3-17H2,1-2H3,(H2,22,23,24). The topological polar surface area (TPSA) is 61.4 Å². The SMILES string of the molecule is CN=C(NCC1CCN(CCOC)CC1)NC1CCN(CC2CCOC2)CC1. The lowest BCUT2D eigenvalue weighted by molar-refractivity contribution is 0.120. The van der Waals surface area contributed by atoms with E-state index in [9.17, 15) is 0 Å². The molecule has 0 saturated carbocycles. The van der Waals surface area contributed by atoms with Gasteiger partial charge >= 0.3 is 0 Å². The van der Waals surface area contributed by atoms with E-state index in [1.165, 1.54) is 64.8 Å². The first-order chi connectivity index (χ1) is 13.8. The van der Waals surface area contributed by atoms with Crippen LogP contribution in [-0.4, -0.2) is 102 Å². The molecule has 3 aliphatic rings. The highest BCUT2D eigenvalue weighted by atomic mass is 16.5. The fourth-order valence-electron chi connectivity index (χ4n) is 4.62. The molecule has 2 N–H and O–H groups in total. The Morgan fingerprint density at radius 3 is 2.43 bits per heavy atom. The van der Waals surface area contributed by atoms with Gasteiger partial charge in [-0.3, -0.25) is 4.99 Å². The Labute approximate surface area is 171 Å². The summed E-state index contributed by atoms with van der Waals surface area (Å²) < 4.78 is 10.7. The van der Waals surface area contributed by atoms with Crippen LogP contribution in [0.5, 0.6) is 0 Å². The summed E-state index contributed by atoms with van der Waals surface area (Å²) in [4.78, 5) is 9.59. The minimum Gasteiger partial charge on any atom is -0.383 e. The molecule has 7 nitrogen and oxygen atoms in total. The fourth-order valence-corrected chi connectivity index (χ4v) is 4.62. The Kier molecular flexibility index (Phi) is 9.31. The van der Waals surface area contributed by atoms with Gasteiger partial charge < -0.3 is 29.9 Å². The van der Waals surface area contributed by atoms with E-state index >= 15 is 0 Å². The number of likely N-dealkylation sites (tertiary alicyclic amines) is 2. The molecule has 3 fully saturated rings. The molecular formula is C21H41N5O2. The van der Waals surface area contributed by atoms with Crippen molar-refractivity contribution in [3.63, 3.8) is 0 Å². The van der Waals surface area contributed by atoms with Crippen molar-refractivity contribution >= 4 is 5.96 Å². The molecule has 0 bridgehead atoms. The molecule has 0 aliphatic carbocycles. The number of piperidine rings is 2. The molecule has 0 aromatic rings. The smallest absolute Gasteiger partial charge is 0.191 e. The van der Waals surface area contributed by atoms with Gasteiger partial charge in [-0.05, 0) is 57.0 Å². The maximum Gasteiger partial charge on any atom is 0.191 e. The normalized spacial score (nSPS) is 26.6. The van der Waals surface area contributed by atoms with E-state index < -0.39 is 0 Å². The van der Waals surface area contributed by atoms with E-state index in [-0.39, 0.29) is 0 Å². The van der Waals surface area contributed by atoms with E-state index in [1.54, 1.807) is 7.11 Å². The molecule has 28 heavy (non-hydrogen) atoms. The lowest BCUT2D eigenvalue weighted by Crippen LogP contribution is -2.50. The Hall–Kier alpha value is -0.890. The van der Waals surface area contributed by atoms with Crippen LogP contribution in [0.25, 0.3) is 0 Å². The third kappa shape index (κ3) is 7.17. The second kappa shape index (κ2) is 12.0. The summed E-state index contributed by atoms with van der Waals surface area (Å²) in [5.74, 6) is 2.47. The minimum absolute atomic E-state index is 0.540. The second-order valence-electron chi connectivity index (χ2n) is 8.68. The van der Waals surface area contributed by atoms with Crippen molar-refractivity contribution in [1.29, 1.82) is 0 Å². The number of rotatable bonds is 8. The van der Waals surface area contributed by atoms with E-state index in [1.807, 2.05) is 7.05 Å². The summed E-state index contributed by atoms with van der Waals surface area (Å²) in [6, 6.07) is 0.540. The van der Waals surface area contributed by atoms with Crippen molar-refractivity contribution in [1.82, 2.24) is 20.4 Å². The molecule has 1 unspecified atom stereocenters. The highest BCUT2D eigenvalue weighted by Crippen LogP contribution is 2.18. The molecule has 0 spiro atoms. The Morgan fingerprint density at radius 1 is 1.04 bits per heavy atom. The Morgan fingerprint density at radius 2 is 1.79 bits per heavy atom. The number of methoxy groups -OCH3 is 1. The monoisotopic (exact) mass is 395 g/mol. The number of aliphatic imine (C=N–C) groups is 1. The van der Waals surface area contributed by atoms with Crippen LogP contribution in [0.3, 0.4) is 0 Å². The van der Waals surface area contributed by atoms with Crippen molar-refractivity contribution in [2.45, 2.75) is 38.1 Å². The highest BCUT2D eigenvalue weighted by molar-refractivity contribution is 5.79. The largest absolute Gasteiger partial charge is 0.383 e. The van der Waals surface area contributed by atoms with Gasteiger partial charge in [0.15, 0.2) is 5.96 Å². The van der Waals surface area contributed by atoms with Gasteiger partial charge in [-0.2, -0.15) is 0 Å². The lowest BCUT2D eigenvalue weighted by Gasteiger charge is -2.35. The summed E-state index contributed by atoms with van der Waals surface area (Å²) in [6.45, 7) is 10.8. The number of ether oxygens (including phenoxy) is 2. The molecule has 3 heterocycles. The van der Waals surface area contributed by atoms with Crippen LogP contribution in [0.15, 0.2) is 4.99 Å². The fraction of sp³-hybridized carbons (Fsp3) is 0.952. The van der Waals surface area contributed by atoms with Crippen molar-refractivity contribution in [2.75, 3.05) is 79.8 Å². The molecular weight excluding hydrogens is 354 g/mol. The van der Waals surface area contributed by atoms with E-state index in [0.29, 0.717) is 6.04 Å². The van der Waals surface area contributed by atoms with Crippen LogP contribution in [0.2, 0.25) is 0 Å². The molecule has 0 aromatic heterocycles.